The summed E-state index contributed by atoms with van der Waals surface area (Å²) < 4.78 is 16.9. The van der Waals surface area contributed by atoms with E-state index in [9.17, 15) is 4.79 Å². The van der Waals surface area contributed by atoms with Gasteiger partial charge in [0.2, 0.25) is 11.7 Å². The second-order valence-electron chi connectivity index (χ2n) is 7.77. The van der Waals surface area contributed by atoms with Gasteiger partial charge in [-0.1, -0.05) is 30.0 Å². The Morgan fingerprint density at radius 3 is 2.64 bits per heavy atom. The summed E-state index contributed by atoms with van der Waals surface area (Å²) >= 11 is 2.96. The lowest BCUT2D eigenvalue weighted by atomic mass is 10.0. The zero-order valence-electron chi connectivity index (χ0n) is 19.1. The van der Waals surface area contributed by atoms with Crippen molar-refractivity contribution in [2.75, 3.05) is 50.4 Å². The number of thiazole rings is 1. The number of hydrogen-bond acceptors (Lipinski definition) is 10. The number of rotatable bonds is 8. The largest absolute Gasteiger partial charge is 0.493 e. The normalized spacial score (nSPS) is 16.0. The molecule has 0 radical (unpaired) electrons. The highest BCUT2D eigenvalue weighted by atomic mass is 32.2. The average molecular weight is 490 g/mol. The summed E-state index contributed by atoms with van der Waals surface area (Å²) in [5.41, 5.74) is 1.23. The number of nitrogens with one attached hydrogen (secondary N) is 1. The van der Waals surface area contributed by atoms with E-state index in [4.69, 9.17) is 19.2 Å². The molecule has 3 aromatic rings. The Morgan fingerprint density at radius 1 is 1.21 bits per heavy atom. The predicted molar refractivity (Wildman–Crippen MR) is 131 cm³/mol. The smallest absolute Gasteiger partial charge is 0.234 e. The number of carbonyl (C=O) groups is 1. The van der Waals surface area contributed by atoms with Crippen molar-refractivity contribution in [3.63, 3.8) is 0 Å². The van der Waals surface area contributed by atoms with Crippen molar-refractivity contribution in [2.24, 2.45) is 5.92 Å². The zero-order chi connectivity index (χ0) is 23.4. The van der Waals surface area contributed by atoms with Crippen molar-refractivity contribution in [2.45, 2.75) is 24.8 Å². The highest BCUT2D eigenvalue weighted by Gasteiger charge is 2.21. The molecule has 1 saturated heterocycles. The van der Waals surface area contributed by atoms with E-state index in [1.54, 1.807) is 23.5 Å². The Bertz CT molecular complexity index is 1110. The van der Waals surface area contributed by atoms with Gasteiger partial charge in [0.25, 0.3) is 0 Å². The summed E-state index contributed by atoms with van der Waals surface area (Å²) in [7, 11) is 4.61. The molecule has 4 rings (SSSR count). The van der Waals surface area contributed by atoms with Gasteiger partial charge in [-0.2, -0.15) is 4.98 Å². The van der Waals surface area contributed by atoms with Crippen LogP contribution in [0.5, 0.6) is 17.2 Å². The van der Waals surface area contributed by atoms with Crippen LogP contribution < -0.4 is 24.4 Å². The van der Waals surface area contributed by atoms with Gasteiger partial charge in [-0.15, -0.1) is 0 Å². The van der Waals surface area contributed by atoms with Gasteiger partial charge in [-0.25, -0.2) is 9.97 Å². The third-order valence-electron chi connectivity index (χ3n) is 5.36. The van der Waals surface area contributed by atoms with E-state index in [0.29, 0.717) is 34.5 Å². The van der Waals surface area contributed by atoms with Crippen molar-refractivity contribution in [1.82, 2.24) is 15.0 Å². The molecule has 0 spiro atoms. The van der Waals surface area contributed by atoms with Gasteiger partial charge in [0, 0.05) is 30.9 Å². The number of fused-ring (bicyclic) bond motifs is 1. The summed E-state index contributed by atoms with van der Waals surface area (Å²) in [5, 5.41) is 4.61. The van der Waals surface area contributed by atoms with Crippen LogP contribution in [0.2, 0.25) is 0 Å². The number of ether oxygens (including phenoxy) is 3. The maximum Gasteiger partial charge on any atom is 0.234 e. The Labute approximate surface area is 200 Å². The SMILES string of the molecule is COc1cc(NC(=O)CSc2ncnc3nc(N4CCC[C@@H](C)C4)sc23)cc(OC)c1OC. The van der Waals surface area contributed by atoms with Gasteiger partial charge in [-0.3, -0.25) is 4.79 Å². The van der Waals surface area contributed by atoms with E-state index in [-0.39, 0.29) is 11.7 Å². The highest BCUT2D eigenvalue weighted by molar-refractivity contribution is 8.00. The number of anilines is 2. The first-order valence-electron chi connectivity index (χ1n) is 10.6. The number of methoxy groups -OCH3 is 3. The third kappa shape index (κ3) is 5.25. The zero-order valence-corrected chi connectivity index (χ0v) is 20.7. The molecular formula is C22H27N5O4S2. The fraction of sp³-hybridized carbons (Fsp3) is 0.455. The van der Waals surface area contributed by atoms with Crippen LogP contribution in [0.15, 0.2) is 23.5 Å². The van der Waals surface area contributed by atoms with Crippen molar-refractivity contribution in [3.05, 3.63) is 18.5 Å². The molecular weight excluding hydrogens is 462 g/mol. The summed E-state index contributed by atoms with van der Waals surface area (Å²) in [6.07, 6.45) is 3.93. The third-order valence-corrected chi connectivity index (χ3v) is 7.59. The van der Waals surface area contributed by atoms with Crippen LogP contribution in [0.25, 0.3) is 10.3 Å². The van der Waals surface area contributed by atoms with E-state index < -0.39 is 0 Å². The molecule has 1 aromatic carbocycles. The lowest BCUT2D eigenvalue weighted by Crippen LogP contribution is -2.34. The van der Waals surface area contributed by atoms with Crippen molar-refractivity contribution >= 4 is 50.2 Å². The van der Waals surface area contributed by atoms with Crippen LogP contribution in [0.4, 0.5) is 10.8 Å². The Kier molecular flexibility index (Phi) is 7.39. The molecule has 2 aromatic heterocycles. The standard InChI is InChI=1S/C22H27N5O4S2/c1-13-6-5-7-27(10-13)22-26-20-19(33-22)21(24-12-23-20)32-11-17(28)25-14-8-15(29-2)18(31-4)16(9-14)30-3/h8-9,12-13H,5-7,10-11H2,1-4H3,(H,25,28)/t13-/m1/s1. The average Bonchev–Trinajstić information content (AvgIpc) is 3.27. The first-order chi connectivity index (χ1) is 16.0. The van der Waals surface area contributed by atoms with E-state index >= 15 is 0 Å². The van der Waals surface area contributed by atoms with Crippen LogP contribution in [-0.2, 0) is 4.79 Å². The molecule has 1 atom stereocenters. The number of carbonyl (C=O) groups excluding carboxylic acids is 1. The summed E-state index contributed by atoms with van der Waals surface area (Å²) in [6, 6.07) is 3.39. The molecule has 1 N–H and O–H groups in total. The number of aromatic nitrogens is 3. The van der Waals surface area contributed by atoms with Crippen molar-refractivity contribution in [3.8, 4) is 17.2 Å². The number of nitrogens with zero attached hydrogens (tertiary/aromatic N) is 4. The minimum absolute atomic E-state index is 0.171. The second-order valence-corrected chi connectivity index (χ2v) is 9.71. The summed E-state index contributed by atoms with van der Waals surface area (Å²) in [6.45, 7) is 4.29. The molecule has 0 aliphatic carbocycles. The minimum atomic E-state index is -0.171. The van der Waals surface area contributed by atoms with E-state index in [0.717, 1.165) is 27.9 Å². The maximum atomic E-state index is 12.7. The molecule has 1 fully saturated rings. The second kappa shape index (κ2) is 10.4. The molecule has 9 nitrogen and oxygen atoms in total. The fourth-order valence-corrected chi connectivity index (χ4v) is 5.73. The molecule has 11 heteroatoms. The number of piperidine rings is 1. The number of hydrogen-bond donors (Lipinski definition) is 1. The summed E-state index contributed by atoms with van der Waals surface area (Å²) in [4.78, 5) is 28.4. The molecule has 1 amide bonds. The van der Waals surface area contributed by atoms with Crippen LogP contribution in [0.3, 0.4) is 0 Å². The predicted octanol–water partition coefficient (Wildman–Crippen LogP) is 4.08. The topological polar surface area (TPSA) is 98.7 Å². The first kappa shape index (κ1) is 23.4. The van der Waals surface area contributed by atoms with Crippen LogP contribution in [-0.4, -0.2) is 61.0 Å². The molecule has 33 heavy (non-hydrogen) atoms. The van der Waals surface area contributed by atoms with Crippen molar-refractivity contribution < 1.29 is 19.0 Å². The van der Waals surface area contributed by atoms with Gasteiger partial charge in [0.05, 0.1) is 27.1 Å². The molecule has 1 aliphatic rings. The van der Waals surface area contributed by atoms with Crippen LogP contribution >= 0.6 is 23.1 Å². The number of amides is 1. The maximum absolute atomic E-state index is 12.7. The fourth-order valence-electron chi connectivity index (χ4n) is 3.81. The first-order valence-corrected chi connectivity index (χ1v) is 12.4. The van der Waals surface area contributed by atoms with Crippen LogP contribution in [0.1, 0.15) is 19.8 Å². The number of benzene rings is 1. The monoisotopic (exact) mass is 489 g/mol. The Hall–Kier alpha value is -2.79. The molecule has 0 unspecified atom stereocenters. The molecule has 3 heterocycles. The van der Waals surface area contributed by atoms with Gasteiger partial charge < -0.3 is 24.4 Å². The number of thioether (sulfide) groups is 1. The van der Waals surface area contributed by atoms with Gasteiger partial charge in [0.1, 0.15) is 16.1 Å². The lowest BCUT2D eigenvalue weighted by Gasteiger charge is -2.30. The Balaban J connectivity index is 1.46. The van der Waals surface area contributed by atoms with E-state index in [1.807, 2.05) is 0 Å². The van der Waals surface area contributed by atoms with Gasteiger partial charge >= 0.3 is 0 Å². The lowest BCUT2D eigenvalue weighted by molar-refractivity contribution is -0.113. The highest BCUT2D eigenvalue weighted by Crippen LogP contribution is 2.40. The molecule has 0 saturated carbocycles. The van der Waals surface area contributed by atoms with Gasteiger partial charge in [-0.05, 0) is 18.8 Å². The van der Waals surface area contributed by atoms with Crippen molar-refractivity contribution in [1.29, 1.82) is 0 Å². The molecule has 176 valence electrons. The quantitative estimate of drug-likeness (QED) is 0.371. The van der Waals surface area contributed by atoms with Gasteiger partial charge in [0.15, 0.2) is 22.3 Å². The van der Waals surface area contributed by atoms with Crippen LogP contribution in [0, 0.1) is 5.92 Å². The van der Waals surface area contributed by atoms with E-state index in [2.05, 4.69) is 27.1 Å². The Morgan fingerprint density at radius 2 is 1.97 bits per heavy atom. The van der Waals surface area contributed by atoms with E-state index in [1.165, 1.54) is 52.3 Å². The summed E-state index contributed by atoms with van der Waals surface area (Å²) in [5.74, 6) is 2.10. The molecule has 0 bridgehead atoms. The minimum Gasteiger partial charge on any atom is -0.493 e. The molecule has 1 aliphatic heterocycles.